The summed E-state index contributed by atoms with van der Waals surface area (Å²) < 4.78 is 7.41. The summed E-state index contributed by atoms with van der Waals surface area (Å²) in [6.07, 6.45) is 8.60. The predicted octanol–water partition coefficient (Wildman–Crippen LogP) is 5.44. The van der Waals surface area contributed by atoms with Gasteiger partial charge >= 0.3 is 0 Å². The Morgan fingerprint density at radius 1 is 0.973 bits per heavy atom. The molecule has 7 nitrogen and oxygen atoms in total. The minimum absolute atomic E-state index is 0.250. The molecular formula is C30H49N5O2. The third-order valence-corrected chi connectivity index (χ3v) is 7.50. The number of para-hydroxylation sites is 1. The first-order valence-corrected chi connectivity index (χ1v) is 14.5. The summed E-state index contributed by atoms with van der Waals surface area (Å²) in [6.45, 7) is 13.6. The Labute approximate surface area is 224 Å². The zero-order valence-corrected chi connectivity index (χ0v) is 23.8. The molecule has 0 unspecified atom stereocenters. The lowest BCUT2D eigenvalue weighted by Crippen LogP contribution is -2.47. The van der Waals surface area contributed by atoms with Gasteiger partial charge in [0, 0.05) is 58.4 Å². The SMILES string of the molecule is CCCCCCCCC(=O)N(CCCOC)Cc1c(C)nn(-c2ccccc2)c1N1CCN(CC)CC1. The van der Waals surface area contributed by atoms with Gasteiger partial charge in [-0.15, -0.1) is 0 Å². The van der Waals surface area contributed by atoms with Gasteiger partial charge in [-0.05, 0) is 38.4 Å². The van der Waals surface area contributed by atoms with E-state index in [-0.39, 0.29) is 5.91 Å². The van der Waals surface area contributed by atoms with E-state index in [1.54, 1.807) is 7.11 Å². The molecule has 0 aliphatic carbocycles. The Balaban J connectivity index is 1.82. The van der Waals surface area contributed by atoms with Gasteiger partial charge in [0.05, 0.1) is 17.9 Å². The Morgan fingerprint density at radius 2 is 1.68 bits per heavy atom. The zero-order chi connectivity index (χ0) is 26.5. The summed E-state index contributed by atoms with van der Waals surface area (Å²) >= 11 is 0. The average molecular weight is 512 g/mol. The van der Waals surface area contributed by atoms with E-state index in [4.69, 9.17) is 9.84 Å². The van der Waals surface area contributed by atoms with Crippen molar-refractivity contribution in [3.8, 4) is 5.69 Å². The van der Waals surface area contributed by atoms with E-state index in [2.05, 4.69) is 64.4 Å². The lowest BCUT2D eigenvalue weighted by atomic mass is 10.1. The van der Waals surface area contributed by atoms with E-state index in [1.165, 1.54) is 31.2 Å². The number of methoxy groups -OCH3 is 1. The molecule has 1 fully saturated rings. The van der Waals surface area contributed by atoms with Gasteiger partial charge in [-0.2, -0.15) is 5.10 Å². The second-order valence-corrected chi connectivity index (χ2v) is 10.2. The third-order valence-electron chi connectivity index (χ3n) is 7.50. The van der Waals surface area contributed by atoms with Crippen LogP contribution in [0, 0.1) is 6.92 Å². The number of hydrogen-bond acceptors (Lipinski definition) is 5. The maximum Gasteiger partial charge on any atom is 0.222 e. The van der Waals surface area contributed by atoms with Crippen molar-refractivity contribution in [3.05, 3.63) is 41.6 Å². The van der Waals surface area contributed by atoms with Crippen LogP contribution in [0.1, 0.15) is 76.5 Å². The summed E-state index contributed by atoms with van der Waals surface area (Å²) in [4.78, 5) is 20.4. The summed E-state index contributed by atoms with van der Waals surface area (Å²) in [5.41, 5.74) is 3.23. The molecule has 2 aromatic rings. The number of carbonyl (C=O) groups excluding carboxylic acids is 1. The number of aromatic nitrogens is 2. The fraction of sp³-hybridized carbons (Fsp3) is 0.667. The van der Waals surface area contributed by atoms with Crippen LogP contribution in [0.25, 0.3) is 5.69 Å². The highest BCUT2D eigenvalue weighted by Crippen LogP contribution is 2.30. The van der Waals surface area contributed by atoms with Gasteiger partial charge in [0.15, 0.2) is 0 Å². The van der Waals surface area contributed by atoms with Gasteiger partial charge in [-0.1, -0.05) is 64.2 Å². The number of piperazine rings is 1. The van der Waals surface area contributed by atoms with Crippen LogP contribution < -0.4 is 4.90 Å². The van der Waals surface area contributed by atoms with Crippen molar-refractivity contribution in [2.24, 2.45) is 0 Å². The van der Waals surface area contributed by atoms with Gasteiger partial charge in [-0.25, -0.2) is 4.68 Å². The van der Waals surface area contributed by atoms with Gasteiger partial charge in [0.2, 0.25) is 5.91 Å². The predicted molar refractivity (Wildman–Crippen MR) is 153 cm³/mol. The van der Waals surface area contributed by atoms with Crippen LogP contribution in [0.5, 0.6) is 0 Å². The van der Waals surface area contributed by atoms with E-state index < -0.39 is 0 Å². The van der Waals surface area contributed by atoms with Crippen LogP contribution in [-0.4, -0.2) is 78.5 Å². The van der Waals surface area contributed by atoms with Crippen molar-refractivity contribution in [2.45, 2.75) is 78.7 Å². The molecule has 0 radical (unpaired) electrons. The van der Waals surface area contributed by atoms with E-state index in [0.29, 0.717) is 26.1 Å². The van der Waals surface area contributed by atoms with Crippen molar-refractivity contribution in [3.63, 3.8) is 0 Å². The van der Waals surface area contributed by atoms with Crippen molar-refractivity contribution in [2.75, 3.05) is 57.9 Å². The first-order chi connectivity index (χ1) is 18.1. The number of carbonyl (C=O) groups is 1. The lowest BCUT2D eigenvalue weighted by molar-refractivity contribution is -0.132. The number of benzene rings is 1. The van der Waals surface area contributed by atoms with Crippen LogP contribution in [-0.2, 0) is 16.1 Å². The molecule has 1 aliphatic heterocycles. The van der Waals surface area contributed by atoms with Gasteiger partial charge in [0.25, 0.3) is 0 Å². The second kappa shape index (κ2) is 15.8. The molecule has 0 N–H and O–H groups in total. The minimum atomic E-state index is 0.250. The van der Waals surface area contributed by atoms with Gasteiger partial charge in [-0.3, -0.25) is 4.79 Å². The van der Waals surface area contributed by atoms with E-state index >= 15 is 0 Å². The fourth-order valence-electron chi connectivity index (χ4n) is 5.18. The highest BCUT2D eigenvalue weighted by Gasteiger charge is 2.27. The molecule has 0 spiro atoms. The summed E-state index contributed by atoms with van der Waals surface area (Å²) in [7, 11) is 1.73. The van der Waals surface area contributed by atoms with E-state index in [9.17, 15) is 4.79 Å². The molecule has 0 bridgehead atoms. The first kappa shape index (κ1) is 29.2. The number of nitrogens with zero attached hydrogens (tertiary/aromatic N) is 5. The monoisotopic (exact) mass is 511 g/mol. The first-order valence-electron chi connectivity index (χ1n) is 14.5. The van der Waals surface area contributed by atoms with Crippen LogP contribution in [0.4, 0.5) is 5.82 Å². The number of amides is 1. The van der Waals surface area contributed by atoms with Gasteiger partial charge < -0.3 is 19.4 Å². The number of likely N-dealkylation sites (N-methyl/N-ethyl adjacent to an activating group) is 1. The molecule has 1 amide bonds. The molecule has 1 aliphatic rings. The van der Waals surface area contributed by atoms with Crippen LogP contribution in [0.15, 0.2) is 30.3 Å². The van der Waals surface area contributed by atoms with Crippen LogP contribution >= 0.6 is 0 Å². The summed E-state index contributed by atoms with van der Waals surface area (Å²) in [6, 6.07) is 10.4. The molecular weight excluding hydrogens is 462 g/mol. The Morgan fingerprint density at radius 3 is 2.35 bits per heavy atom. The summed E-state index contributed by atoms with van der Waals surface area (Å²) in [5.74, 6) is 1.39. The molecule has 2 heterocycles. The molecule has 1 aromatic carbocycles. The molecule has 0 atom stereocenters. The van der Waals surface area contributed by atoms with E-state index in [0.717, 1.165) is 69.2 Å². The zero-order valence-electron chi connectivity index (χ0n) is 23.8. The highest BCUT2D eigenvalue weighted by molar-refractivity contribution is 5.76. The maximum atomic E-state index is 13.4. The second-order valence-electron chi connectivity index (χ2n) is 10.2. The largest absolute Gasteiger partial charge is 0.385 e. The average Bonchev–Trinajstić information content (AvgIpc) is 3.26. The molecule has 3 rings (SSSR count). The number of rotatable bonds is 16. The van der Waals surface area contributed by atoms with Crippen LogP contribution in [0.2, 0.25) is 0 Å². The smallest absolute Gasteiger partial charge is 0.222 e. The third kappa shape index (κ3) is 8.57. The van der Waals surface area contributed by atoms with Crippen molar-refractivity contribution < 1.29 is 9.53 Å². The molecule has 206 valence electrons. The number of unbranched alkanes of at least 4 members (excludes halogenated alkanes) is 5. The number of hydrogen-bond donors (Lipinski definition) is 0. The van der Waals surface area contributed by atoms with Crippen molar-refractivity contribution >= 4 is 11.7 Å². The molecule has 0 saturated carbocycles. The lowest BCUT2D eigenvalue weighted by Gasteiger charge is -2.36. The number of aryl methyl sites for hydroxylation is 1. The number of anilines is 1. The van der Waals surface area contributed by atoms with Gasteiger partial charge in [0.1, 0.15) is 5.82 Å². The normalized spacial score (nSPS) is 14.3. The molecule has 37 heavy (non-hydrogen) atoms. The van der Waals surface area contributed by atoms with Crippen molar-refractivity contribution in [1.29, 1.82) is 0 Å². The quantitative estimate of drug-likeness (QED) is 0.281. The summed E-state index contributed by atoms with van der Waals surface area (Å²) in [5, 5.41) is 5.01. The van der Waals surface area contributed by atoms with E-state index in [1.807, 2.05) is 6.07 Å². The number of ether oxygens (including phenoxy) is 1. The Bertz CT molecular complexity index is 922. The van der Waals surface area contributed by atoms with Crippen LogP contribution in [0.3, 0.4) is 0 Å². The molecule has 1 saturated heterocycles. The van der Waals surface area contributed by atoms with Crippen molar-refractivity contribution in [1.82, 2.24) is 19.6 Å². The standard InChI is InChI=1S/C30H49N5O2/c1-5-7-8-9-10-14-18-29(36)34(19-15-24-37-4)25-28-26(3)31-35(27-16-12-11-13-17-27)30(28)33-22-20-32(6-2)21-23-33/h11-13,16-17H,5-10,14-15,18-25H2,1-4H3. The Kier molecular flexibility index (Phi) is 12.4. The molecule has 1 aromatic heterocycles. The highest BCUT2D eigenvalue weighted by atomic mass is 16.5. The Hall–Kier alpha value is -2.38. The topological polar surface area (TPSA) is 53.8 Å². The minimum Gasteiger partial charge on any atom is -0.385 e. The fourth-order valence-corrected chi connectivity index (χ4v) is 5.18. The maximum absolute atomic E-state index is 13.4. The molecule has 7 heteroatoms.